The van der Waals surface area contributed by atoms with Crippen LogP contribution in [-0.2, 0) is 11.2 Å². The SMILES string of the molecule is Cc1cccc(CCC(=O)NCCOc2ccccc2)c1. The van der Waals surface area contributed by atoms with Gasteiger partial charge in [-0.3, -0.25) is 4.79 Å². The largest absolute Gasteiger partial charge is 0.492 e. The second-order valence-corrected chi connectivity index (χ2v) is 5.00. The van der Waals surface area contributed by atoms with Crippen molar-refractivity contribution < 1.29 is 9.53 Å². The molecule has 21 heavy (non-hydrogen) atoms. The van der Waals surface area contributed by atoms with Gasteiger partial charge in [-0.15, -0.1) is 0 Å². The Morgan fingerprint density at radius 2 is 1.90 bits per heavy atom. The molecule has 1 N–H and O–H groups in total. The van der Waals surface area contributed by atoms with Gasteiger partial charge in [0.2, 0.25) is 5.91 Å². The molecule has 0 saturated heterocycles. The average molecular weight is 283 g/mol. The summed E-state index contributed by atoms with van der Waals surface area (Å²) < 4.78 is 5.52. The van der Waals surface area contributed by atoms with E-state index in [2.05, 4.69) is 30.4 Å². The number of ether oxygens (including phenoxy) is 1. The molecule has 2 aromatic rings. The molecular formula is C18H21NO2. The van der Waals surface area contributed by atoms with Gasteiger partial charge in [0.05, 0.1) is 6.54 Å². The molecule has 2 rings (SSSR count). The molecular weight excluding hydrogens is 262 g/mol. The molecule has 0 atom stereocenters. The quantitative estimate of drug-likeness (QED) is 0.793. The van der Waals surface area contributed by atoms with Gasteiger partial charge >= 0.3 is 0 Å². The van der Waals surface area contributed by atoms with Crippen LogP contribution >= 0.6 is 0 Å². The molecule has 2 aromatic carbocycles. The lowest BCUT2D eigenvalue weighted by molar-refractivity contribution is -0.121. The van der Waals surface area contributed by atoms with E-state index >= 15 is 0 Å². The van der Waals surface area contributed by atoms with Crippen molar-refractivity contribution in [3.63, 3.8) is 0 Å². The van der Waals surface area contributed by atoms with E-state index in [0.29, 0.717) is 19.6 Å². The van der Waals surface area contributed by atoms with E-state index in [-0.39, 0.29) is 5.91 Å². The van der Waals surface area contributed by atoms with Crippen molar-refractivity contribution in [2.75, 3.05) is 13.2 Å². The van der Waals surface area contributed by atoms with E-state index in [4.69, 9.17) is 4.74 Å². The fourth-order valence-corrected chi connectivity index (χ4v) is 2.09. The zero-order valence-corrected chi connectivity index (χ0v) is 12.3. The van der Waals surface area contributed by atoms with E-state index in [9.17, 15) is 4.79 Å². The molecule has 0 unspecified atom stereocenters. The Morgan fingerprint density at radius 1 is 1.10 bits per heavy atom. The second-order valence-electron chi connectivity index (χ2n) is 5.00. The molecule has 1 amide bonds. The van der Waals surface area contributed by atoms with E-state index in [1.165, 1.54) is 11.1 Å². The van der Waals surface area contributed by atoms with Crippen LogP contribution < -0.4 is 10.1 Å². The summed E-state index contributed by atoms with van der Waals surface area (Å²) in [5, 5.41) is 2.87. The smallest absolute Gasteiger partial charge is 0.220 e. The molecule has 3 heteroatoms. The van der Waals surface area contributed by atoms with Crippen molar-refractivity contribution >= 4 is 5.91 Å². The Hall–Kier alpha value is -2.29. The van der Waals surface area contributed by atoms with Crippen LogP contribution in [0.3, 0.4) is 0 Å². The molecule has 0 fully saturated rings. The van der Waals surface area contributed by atoms with Crippen molar-refractivity contribution in [2.45, 2.75) is 19.8 Å². The van der Waals surface area contributed by atoms with Crippen LogP contribution in [0, 0.1) is 6.92 Å². The molecule has 0 aliphatic rings. The number of carbonyl (C=O) groups excluding carboxylic acids is 1. The van der Waals surface area contributed by atoms with Crippen molar-refractivity contribution in [2.24, 2.45) is 0 Å². The standard InChI is InChI=1S/C18H21NO2/c1-15-6-5-7-16(14-15)10-11-18(20)19-12-13-21-17-8-3-2-4-9-17/h2-9,14H,10-13H2,1H3,(H,19,20). The van der Waals surface area contributed by atoms with Gasteiger partial charge in [-0.1, -0.05) is 48.0 Å². The van der Waals surface area contributed by atoms with Crippen molar-refractivity contribution in [1.29, 1.82) is 0 Å². The molecule has 0 radical (unpaired) electrons. The molecule has 0 heterocycles. The lowest BCUT2D eigenvalue weighted by Gasteiger charge is -2.08. The highest BCUT2D eigenvalue weighted by molar-refractivity contribution is 5.76. The van der Waals surface area contributed by atoms with Crippen LogP contribution in [0.2, 0.25) is 0 Å². The third kappa shape index (κ3) is 5.69. The molecule has 0 saturated carbocycles. The minimum atomic E-state index is 0.0631. The van der Waals surface area contributed by atoms with Gasteiger partial charge in [0.15, 0.2) is 0 Å². The Bertz CT molecular complexity index is 566. The average Bonchev–Trinajstić information content (AvgIpc) is 2.51. The minimum absolute atomic E-state index is 0.0631. The van der Waals surface area contributed by atoms with Crippen LogP contribution in [0.4, 0.5) is 0 Å². The van der Waals surface area contributed by atoms with Crippen LogP contribution in [-0.4, -0.2) is 19.1 Å². The lowest BCUT2D eigenvalue weighted by atomic mass is 10.1. The van der Waals surface area contributed by atoms with Crippen LogP contribution in [0.15, 0.2) is 54.6 Å². The molecule has 0 spiro atoms. The predicted octanol–water partition coefficient (Wildman–Crippen LogP) is 3.12. The van der Waals surface area contributed by atoms with Gasteiger partial charge < -0.3 is 10.1 Å². The third-order valence-corrected chi connectivity index (χ3v) is 3.16. The van der Waals surface area contributed by atoms with Gasteiger partial charge in [-0.2, -0.15) is 0 Å². The summed E-state index contributed by atoms with van der Waals surface area (Å²) in [6.45, 7) is 3.08. The number of nitrogens with one attached hydrogen (secondary N) is 1. The summed E-state index contributed by atoms with van der Waals surface area (Å²) >= 11 is 0. The lowest BCUT2D eigenvalue weighted by Crippen LogP contribution is -2.28. The monoisotopic (exact) mass is 283 g/mol. The zero-order chi connectivity index (χ0) is 14.9. The summed E-state index contributed by atoms with van der Waals surface area (Å²) in [7, 11) is 0. The Morgan fingerprint density at radius 3 is 2.67 bits per heavy atom. The first-order valence-corrected chi connectivity index (χ1v) is 7.24. The second kappa shape index (κ2) is 8.10. The Labute approximate surface area is 126 Å². The number of carbonyl (C=O) groups is 1. The normalized spacial score (nSPS) is 10.1. The Kier molecular flexibility index (Phi) is 5.83. The van der Waals surface area contributed by atoms with Gasteiger partial charge in [0.1, 0.15) is 12.4 Å². The fraction of sp³-hybridized carbons (Fsp3) is 0.278. The number of para-hydroxylation sites is 1. The van der Waals surface area contributed by atoms with E-state index in [0.717, 1.165) is 12.2 Å². The topological polar surface area (TPSA) is 38.3 Å². The van der Waals surface area contributed by atoms with E-state index in [1.807, 2.05) is 36.4 Å². The first kappa shape index (κ1) is 15.1. The van der Waals surface area contributed by atoms with Crippen LogP contribution in [0.5, 0.6) is 5.75 Å². The molecule has 0 aliphatic carbocycles. The summed E-state index contributed by atoms with van der Waals surface area (Å²) in [5.41, 5.74) is 2.43. The zero-order valence-electron chi connectivity index (χ0n) is 12.3. The summed E-state index contributed by atoms with van der Waals surface area (Å²) in [6.07, 6.45) is 1.28. The van der Waals surface area contributed by atoms with Gasteiger partial charge in [-0.25, -0.2) is 0 Å². The van der Waals surface area contributed by atoms with Crippen LogP contribution in [0.1, 0.15) is 17.5 Å². The van der Waals surface area contributed by atoms with Gasteiger partial charge in [-0.05, 0) is 31.0 Å². The number of benzene rings is 2. The maximum Gasteiger partial charge on any atom is 0.220 e. The molecule has 0 aliphatic heterocycles. The highest BCUT2D eigenvalue weighted by Crippen LogP contribution is 2.08. The Balaban J connectivity index is 1.62. The van der Waals surface area contributed by atoms with Crippen LogP contribution in [0.25, 0.3) is 0 Å². The third-order valence-electron chi connectivity index (χ3n) is 3.16. The first-order valence-electron chi connectivity index (χ1n) is 7.24. The molecule has 0 bridgehead atoms. The molecule has 3 nitrogen and oxygen atoms in total. The minimum Gasteiger partial charge on any atom is -0.492 e. The maximum absolute atomic E-state index is 11.7. The fourth-order valence-electron chi connectivity index (χ4n) is 2.09. The van der Waals surface area contributed by atoms with Crippen molar-refractivity contribution in [3.8, 4) is 5.75 Å². The highest BCUT2D eigenvalue weighted by Gasteiger charge is 2.02. The van der Waals surface area contributed by atoms with Crippen molar-refractivity contribution in [1.82, 2.24) is 5.32 Å². The van der Waals surface area contributed by atoms with E-state index in [1.54, 1.807) is 0 Å². The summed E-state index contributed by atoms with van der Waals surface area (Å²) in [6, 6.07) is 17.9. The van der Waals surface area contributed by atoms with Crippen molar-refractivity contribution in [3.05, 3.63) is 65.7 Å². The molecule has 110 valence electrons. The number of rotatable bonds is 7. The van der Waals surface area contributed by atoms with E-state index < -0.39 is 0 Å². The highest BCUT2D eigenvalue weighted by atomic mass is 16.5. The van der Waals surface area contributed by atoms with Gasteiger partial charge in [0, 0.05) is 6.42 Å². The maximum atomic E-state index is 11.7. The number of amides is 1. The summed E-state index contributed by atoms with van der Waals surface area (Å²) in [5.74, 6) is 0.889. The first-order chi connectivity index (χ1) is 10.2. The summed E-state index contributed by atoms with van der Waals surface area (Å²) in [4.78, 5) is 11.7. The predicted molar refractivity (Wildman–Crippen MR) is 84.4 cm³/mol. The number of hydrogen-bond donors (Lipinski definition) is 1. The van der Waals surface area contributed by atoms with Gasteiger partial charge in [0.25, 0.3) is 0 Å². The molecule has 0 aromatic heterocycles. The number of hydrogen-bond acceptors (Lipinski definition) is 2. The number of aryl methyl sites for hydroxylation is 2.